The summed E-state index contributed by atoms with van der Waals surface area (Å²) in [5, 5.41) is 15.4. The maximum atomic E-state index is 15.0. The number of alkyl halides is 1. The van der Waals surface area contributed by atoms with Gasteiger partial charge in [0, 0.05) is 62.7 Å². The first-order valence-corrected chi connectivity index (χ1v) is 15.8. The van der Waals surface area contributed by atoms with Crippen LogP contribution < -0.4 is 19.7 Å². The van der Waals surface area contributed by atoms with Crippen LogP contribution in [0.3, 0.4) is 0 Å². The molecule has 0 spiro atoms. The number of para-hydroxylation sites is 1. The summed E-state index contributed by atoms with van der Waals surface area (Å²) < 4.78 is 55.0. The molecule has 13 nitrogen and oxygen atoms in total. The molecule has 45 heavy (non-hydrogen) atoms. The Morgan fingerprint density at radius 1 is 1.18 bits per heavy atom. The maximum Gasteiger partial charge on any atom is 0.293 e. The van der Waals surface area contributed by atoms with Crippen LogP contribution in [0.2, 0.25) is 0 Å². The highest BCUT2D eigenvalue weighted by molar-refractivity contribution is 7.90. The molecule has 3 N–H and O–H groups in total. The van der Waals surface area contributed by atoms with E-state index in [0.29, 0.717) is 36.1 Å². The Hall–Kier alpha value is -4.76. The summed E-state index contributed by atoms with van der Waals surface area (Å²) in [7, 11) is -4.56. The molecule has 1 unspecified atom stereocenters. The van der Waals surface area contributed by atoms with Crippen molar-refractivity contribution in [2.75, 3.05) is 43.1 Å². The number of ether oxygens (including phenoxy) is 2. The first kappa shape index (κ1) is 30.3. The fraction of sp³-hybridized carbons (Fsp3) is 0.333. The molecule has 4 aromatic rings. The molecule has 2 aromatic carbocycles. The summed E-state index contributed by atoms with van der Waals surface area (Å²) in [6.07, 6.45) is 2.03. The number of carbonyl (C=O) groups excluding carboxylic acids is 1. The lowest BCUT2D eigenvalue weighted by atomic mass is 9.96. The van der Waals surface area contributed by atoms with Gasteiger partial charge in [0.1, 0.15) is 22.7 Å². The largest absolute Gasteiger partial charge is 0.476 e. The van der Waals surface area contributed by atoms with Crippen molar-refractivity contribution in [1.82, 2.24) is 14.7 Å². The number of nitrogens with one attached hydrogen (secondary N) is 3. The van der Waals surface area contributed by atoms with E-state index in [2.05, 4.69) is 20.0 Å². The van der Waals surface area contributed by atoms with Crippen molar-refractivity contribution in [3.8, 4) is 5.88 Å². The Morgan fingerprint density at radius 3 is 2.73 bits per heavy atom. The second kappa shape index (κ2) is 12.0. The average Bonchev–Trinajstić information content (AvgIpc) is 3.42. The summed E-state index contributed by atoms with van der Waals surface area (Å²) in [6, 6.07) is 13.5. The molecule has 1 saturated heterocycles. The van der Waals surface area contributed by atoms with Gasteiger partial charge in [-0.3, -0.25) is 14.9 Å². The summed E-state index contributed by atoms with van der Waals surface area (Å²) >= 11 is 0. The van der Waals surface area contributed by atoms with Crippen molar-refractivity contribution in [3.63, 3.8) is 0 Å². The molecule has 0 aliphatic carbocycles. The first-order chi connectivity index (χ1) is 21.5. The molecule has 0 saturated carbocycles. The SMILES string of the molecule is CC1COc2nc3[nH]ccc3cc2N(c2ccccc2C(=O)NS(=O)(=O)c2ccc(NCC3(F)CCOCC3)c([N+](=O)[O-])c2)C1. The van der Waals surface area contributed by atoms with Crippen LogP contribution in [0.25, 0.3) is 11.0 Å². The van der Waals surface area contributed by atoms with Crippen LogP contribution in [-0.2, 0) is 14.8 Å². The van der Waals surface area contributed by atoms with Crippen LogP contribution >= 0.6 is 0 Å². The molecule has 6 rings (SSSR count). The first-order valence-electron chi connectivity index (χ1n) is 14.4. The third-order valence-corrected chi connectivity index (χ3v) is 9.23. The Bertz CT molecular complexity index is 1880. The van der Waals surface area contributed by atoms with Gasteiger partial charge in [-0.05, 0) is 36.4 Å². The fourth-order valence-corrected chi connectivity index (χ4v) is 6.44. The zero-order chi connectivity index (χ0) is 31.8. The minimum Gasteiger partial charge on any atom is -0.476 e. The Kier molecular flexibility index (Phi) is 8.05. The van der Waals surface area contributed by atoms with E-state index in [9.17, 15) is 23.3 Å². The van der Waals surface area contributed by atoms with Crippen molar-refractivity contribution in [1.29, 1.82) is 0 Å². The molecular formula is C30H31FN6O7S. The van der Waals surface area contributed by atoms with Crippen LogP contribution in [0.1, 0.15) is 30.1 Å². The minimum absolute atomic E-state index is 0.0313. The minimum atomic E-state index is -4.56. The van der Waals surface area contributed by atoms with Crippen LogP contribution in [0.5, 0.6) is 5.88 Å². The lowest BCUT2D eigenvalue weighted by Gasteiger charge is -2.29. The number of nitro groups is 1. The molecule has 15 heteroatoms. The van der Waals surface area contributed by atoms with E-state index in [4.69, 9.17) is 9.47 Å². The number of halogens is 1. The van der Waals surface area contributed by atoms with Gasteiger partial charge in [-0.15, -0.1) is 0 Å². The topological polar surface area (TPSA) is 169 Å². The molecule has 4 heterocycles. The monoisotopic (exact) mass is 638 g/mol. The number of hydrogen-bond donors (Lipinski definition) is 3. The molecule has 1 amide bonds. The van der Waals surface area contributed by atoms with E-state index in [1.807, 2.05) is 24.0 Å². The second-order valence-corrected chi connectivity index (χ2v) is 12.9. The van der Waals surface area contributed by atoms with Gasteiger partial charge in [0.25, 0.3) is 21.6 Å². The van der Waals surface area contributed by atoms with Gasteiger partial charge >= 0.3 is 0 Å². The normalized spacial score (nSPS) is 18.0. The molecule has 0 radical (unpaired) electrons. The number of pyridine rings is 1. The van der Waals surface area contributed by atoms with Crippen molar-refractivity contribution in [2.24, 2.45) is 5.92 Å². The van der Waals surface area contributed by atoms with E-state index >= 15 is 4.39 Å². The lowest BCUT2D eigenvalue weighted by molar-refractivity contribution is -0.384. The van der Waals surface area contributed by atoms with Gasteiger partial charge in [-0.25, -0.2) is 17.5 Å². The van der Waals surface area contributed by atoms with Gasteiger partial charge in [-0.1, -0.05) is 19.1 Å². The summed E-state index contributed by atoms with van der Waals surface area (Å²) in [5.74, 6) is -0.526. The number of nitro benzene ring substituents is 1. The van der Waals surface area contributed by atoms with Gasteiger partial charge in [0.15, 0.2) is 0 Å². The van der Waals surface area contributed by atoms with E-state index in [1.165, 1.54) is 12.1 Å². The van der Waals surface area contributed by atoms with Gasteiger partial charge in [-0.2, -0.15) is 4.98 Å². The number of hydrogen-bond acceptors (Lipinski definition) is 10. The Morgan fingerprint density at radius 2 is 1.96 bits per heavy atom. The molecular weight excluding hydrogens is 607 g/mol. The quantitative estimate of drug-likeness (QED) is 0.182. The van der Waals surface area contributed by atoms with Crippen molar-refractivity contribution < 1.29 is 32.0 Å². The number of benzene rings is 2. The summed E-state index contributed by atoms with van der Waals surface area (Å²) in [4.78, 5) is 33.7. The van der Waals surface area contributed by atoms with Crippen molar-refractivity contribution in [3.05, 3.63) is 76.5 Å². The highest BCUT2D eigenvalue weighted by Gasteiger charge is 2.34. The number of amides is 1. The van der Waals surface area contributed by atoms with E-state index in [0.717, 1.165) is 17.5 Å². The number of carbonyl (C=O) groups is 1. The molecule has 236 valence electrons. The van der Waals surface area contributed by atoms with E-state index in [1.54, 1.807) is 24.4 Å². The predicted octanol–water partition coefficient (Wildman–Crippen LogP) is 4.69. The highest BCUT2D eigenvalue weighted by atomic mass is 32.2. The zero-order valence-electron chi connectivity index (χ0n) is 24.3. The molecule has 2 aromatic heterocycles. The molecule has 2 aliphatic heterocycles. The van der Waals surface area contributed by atoms with Crippen molar-refractivity contribution >= 4 is 49.7 Å². The van der Waals surface area contributed by atoms with Crippen LogP contribution in [-0.4, -0.2) is 67.8 Å². The zero-order valence-corrected chi connectivity index (χ0v) is 25.1. The van der Waals surface area contributed by atoms with Crippen molar-refractivity contribution in [2.45, 2.75) is 30.3 Å². The van der Waals surface area contributed by atoms with E-state index in [-0.39, 0.29) is 49.8 Å². The predicted molar refractivity (Wildman–Crippen MR) is 164 cm³/mol. The number of fused-ring (bicyclic) bond motifs is 2. The fourth-order valence-electron chi connectivity index (χ4n) is 5.45. The lowest BCUT2D eigenvalue weighted by Crippen LogP contribution is -2.38. The third kappa shape index (κ3) is 6.26. The maximum absolute atomic E-state index is 15.0. The Balaban J connectivity index is 1.28. The van der Waals surface area contributed by atoms with Gasteiger partial charge in [0.05, 0.1) is 27.7 Å². The van der Waals surface area contributed by atoms with Gasteiger partial charge in [0.2, 0.25) is 5.88 Å². The number of sulfonamides is 1. The number of nitrogens with zero attached hydrogens (tertiary/aromatic N) is 3. The van der Waals surface area contributed by atoms with E-state index < -0.39 is 37.1 Å². The number of anilines is 3. The summed E-state index contributed by atoms with van der Waals surface area (Å²) in [6.45, 7) is 3.10. The summed E-state index contributed by atoms with van der Waals surface area (Å²) in [5.41, 5.74) is -0.472. The molecule has 1 atom stereocenters. The van der Waals surface area contributed by atoms with Crippen LogP contribution in [0.4, 0.5) is 27.1 Å². The number of aromatic amines is 1. The smallest absolute Gasteiger partial charge is 0.293 e. The van der Waals surface area contributed by atoms with Crippen LogP contribution in [0.15, 0.2) is 65.7 Å². The molecule has 2 aliphatic rings. The standard InChI is InChI=1S/C30H31FN6O7S/c1-19-16-36(26-14-20-8-11-32-27(20)34-29(26)44-17-19)24-5-3-2-4-22(24)28(38)35-45(41,42)21-6-7-23(25(15-21)37(39)40)33-18-30(31)9-12-43-13-10-30/h2-8,11,14-15,19,33H,9-10,12-13,16-18H2,1H3,(H,32,34)(H,35,38). The number of H-pyrrole nitrogens is 1. The number of rotatable bonds is 8. The van der Waals surface area contributed by atoms with Crippen LogP contribution in [0, 0.1) is 16.0 Å². The number of aromatic nitrogens is 2. The molecule has 0 bridgehead atoms. The third-order valence-electron chi connectivity index (χ3n) is 7.90. The highest BCUT2D eigenvalue weighted by Crippen LogP contribution is 2.39. The Labute approximate surface area is 257 Å². The van der Waals surface area contributed by atoms with Gasteiger partial charge < -0.3 is 24.7 Å². The average molecular weight is 639 g/mol. The molecule has 1 fully saturated rings. The second-order valence-electron chi connectivity index (χ2n) is 11.3.